The van der Waals surface area contributed by atoms with Crippen molar-refractivity contribution in [2.24, 2.45) is 0 Å². The van der Waals surface area contributed by atoms with E-state index in [1.165, 1.54) is 12.1 Å². The molecule has 1 heterocycles. The second-order valence-corrected chi connectivity index (χ2v) is 4.64. The molecule has 1 N–H and O–H groups in total. The van der Waals surface area contributed by atoms with Crippen molar-refractivity contribution in [1.82, 2.24) is 5.32 Å². The zero-order chi connectivity index (χ0) is 13.2. The highest BCUT2D eigenvalue weighted by molar-refractivity contribution is 5.29. The molecule has 0 bridgehead atoms. The first kappa shape index (κ1) is 13.3. The molecule has 1 nitrogen and oxygen atoms in total. The van der Waals surface area contributed by atoms with Crippen LogP contribution in [-0.4, -0.2) is 13.1 Å². The van der Waals surface area contributed by atoms with Crippen LogP contribution >= 0.6 is 0 Å². The van der Waals surface area contributed by atoms with Gasteiger partial charge in [-0.15, -0.1) is 0 Å². The van der Waals surface area contributed by atoms with Gasteiger partial charge in [-0.2, -0.15) is 13.2 Å². The number of rotatable bonds is 1. The van der Waals surface area contributed by atoms with Crippen molar-refractivity contribution in [2.75, 3.05) is 13.1 Å². The average Bonchev–Trinajstić information content (AvgIpc) is 2.54. The van der Waals surface area contributed by atoms with Gasteiger partial charge in [0.05, 0.1) is 5.56 Å². The third-order valence-corrected chi connectivity index (χ3v) is 3.35. The maximum atomic E-state index is 14.7. The van der Waals surface area contributed by atoms with E-state index in [-0.39, 0.29) is 0 Å². The molecule has 1 aromatic rings. The smallest absolute Gasteiger partial charge is 0.317 e. The van der Waals surface area contributed by atoms with Gasteiger partial charge in [-0.25, -0.2) is 4.39 Å². The van der Waals surface area contributed by atoms with E-state index in [4.69, 9.17) is 0 Å². The highest BCUT2D eigenvalue weighted by Crippen LogP contribution is 2.37. The van der Waals surface area contributed by atoms with Gasteiger partial charge in [0.2, 0.25) is 0 Å². The largest absolute Gasteiger partial charge is 0.416 e. The third kappa shape index (κ3) is 2.83. The number of halogens is 4. The summed E-state index contributed by atoms with van der Waals surface area (Å²) < 4.78 is 51.9. The van der Waals surface area contributed by atoms with E-state index in [0.717, 1.165) is 18.7 Å². The van der Waals surface area contributed by atoms with E-state index in [0.29, 0.717) is 31.4 Å². The highest BCUT2D eigenvalue weighted by Gasteiger charge is 2.34. The molecule has 1 aliphatic rings. The van der Waals surface area contributed by atoms with Crippen LogP contribution in [0.1, 0.15) is 30.4 Å². The van der Waals surface area contributed by atoms with Gasteiger partial charge < -0.3 is 5.32 Å². The second kappa shape index (κ2) is 4.88. The number of alkyl halides is 4. The molecular weight excluding hydrogens is 246 g/mol. The first-order valence-corrected chi connectivity index (χ1v) is 5.99. The summed E-state index contributed by atoms with van der Waals surface area (Å²) in [7, 11) is 0. The fourth-order valence-electron chi connectivity index (χ4n) is 2.28. The van der Waals surface area contributed by atoms with Crippen molar-refractivity contribution in [3.8, 4) is 0 Å². The van der Waals surface area contributed by atoms with E-state index in [1.54, 1.807) is 0 Å². The highest BCUT2D eigenvalue weighted by atomic mass is 19.4. The summed E-state index contributed by atoms with van der Waals surface area (Å²) in [6.07, 6.45) is -3.02. The van der Waals surface area contributed by atoms with E-state index in [9.17, 15) is 17.6 Å². The van der Waals surface area contributed by atoms with Gasteiger partial charge in [-0.3, -0.25) is 0 Å². The van der Waals surface area contributed by atoms with E-state index >= 15 is 0 Å². The number of benzene rings is 1. The first-order chi connectivity index (χ1) is 8.42. The molecule has 2 rings (SSSR count). The lowest BCUT2D eigenvalue weighted by Gasteiger charge is -2.24. The minimum Gasteiger partial charge on any atom is -0.317 e. The fraction of sp³-hybridized carbons (Fsp3) is 0.538. The van der Waals surface area contributed by atoms with Crippen LogP contribution in [0.5, 0.6) is 0 Å². The summed E-state index contributed by atoms with van der Waals surface area (Å²) in [6, 6.07) is 4.42. The molecule has 1 unspecified atom stereocenters. The monoisotopic (exact) mass is 261 g/mol. The third-order valence-electron chi connectivity index (χ3n) is 3.35. The van der Waals surface area contributed by atoms with Crippen molar-refractivity contribution < 1.29 is 17.6 Å². The summed E-state index contributed by atoms with van der Waals surface area (Å²) in [5, 5.41) is 3.09. The molecule has 0 aromatic heterocycles. The Kier molecular flexibility index (Phi) is 3.61. The number of hydrogen-bond donors (Lipinski definition) is 1. The van der Waals surface area contributed by atoms with Crippen LogP contribution in [0, 0.1) is 0 Å². The standard InChI is InChI=1S/C13H15F4N/c14-12(6-1-8-18-9-7-12)10-2-4-11(5-3-10)13(15,16)17/h2-5,18H,1,6-9H2. The first-order valence-electron chi connectivity index (χ1n) is 5.99. The lowest BCUT2D eigenvalue weighted by Crippen LogP contribution is -2.22. The molecule has 0 saturated carbocycles. The van der Waals surface area contributed by atoms with Gasteiger partial charge in [0.25, 0.3) is 0 Å². The lowest BCUT2D eigenvalue weighted by atomic mass is 9.88. The molecule has 1 aliphatic heterocycles. The maximum absolute atomic E-state index is 14.7. The fourth-order valence-corrected chi connectivity index (χ4v) is 2.28. The van der Waals surface area contributed by atoms with Crippen LogP contribution in [0.4, 0.5) is 17.6 Å². The molecule has 0 radical (unpaired) electrons. The van der Waals surface area contributed by atoms with Crippen LogP contribution < -0.4 is 5.32 Å². The molecule has 0 aliphatic carbocycles. The molecule has 18 heavy (non-hydrogen) atoms. The molecule has 1 atom stereocenters. The van der Waals surface area contributed by atoms with E-state index < -0.39 is 17.4 Å². The minimum absolute atomic E-state index is 0.304. The quantitative estimate of drug-likeness (QED) is 0.761. The molecule has 100 valence electrons. The van der Waals surface area contributed by atoms with Crippen molar-refractivity contribution in [2.45, 2.75) is 31.1 Å². The molecule has 0 amide bonds. The zero-order valence-electron chi connectivity index (χ0n) is 9.86. The minimum atomic E-state index is -4.37. The lowest BCUT2D eigenvalue weighted by molar-refractivity contribution is -0.137. The predicted octanol–water partition coefficient (Wildman–Crippen LogP) is 3.64. The SMILES string of the molecule is FC(F)(F)c1ccc(C2(F)CCCNCC2)cc1. The Balaban J connectivity index is 2.22. The van der Waals surface area contributed by atoms with E-state index in [1.807, 2.05) is 0 Å². The Morgan fingerprint density at radius 3 is 2.28 bits per heavy atom. The Morgan fingerprint density at radius 1 is 1.00 bits per heavy atom. The summed E-state index contributed by atoms with van der Waals surface area (Å²) in [6.45, 7) is 1.31. The van der Waals surface area contributed by atoms with Crippen LogP contribution in [0.25, 0.3) is 0 Å². The van der Waals surface area contributed by atoms with Crippen molar-refractivity contribution in [3.63, 3.8) is 0 Å². The van der Waals surface area contributed by atoms with Gasteiger partial charge >= 0.3 is 6.18 Å². The predicted molar refractivity (Wildman–Crippen MR) is 61.0 cm³/mol. The van der Waals surface area contributed by atoms with Gasteiger partial charge in [0, 0.05) is 0 Å². The van der Waals surface area contributed by atoms with Gasteiger partial charge in [-0.1, -0.05) is 12.1 Å². The van der Waals surface area contributed by atoms with Gasteiger partial charge in [0.1, 0.15) is 5.67 Å². The average molecular weight is 261 g/mol. The van der Waals surface area contributed by atoms with E-state index in [2.05, 4.69) is 5.32 Å². The molecular formula is C13H15F4N. The van der Waals surface area contributed by atoms with Gasteiger partial charge in [-0.05, 0) is 50.0 Å². The number of nitrogens with one attached hydrogen (secondary N) is 1. The Labute approximate surface area is 103 Å². The van der Waals surface area contributed by atoms with Crippen molar-refractivity contribution >= 4 is 0 Å². The van der Waals surface area contributed by atoms with Crippen LogP contribution in [0.3, 0.4) is 0 Å². The molecule has 0 spiro atoms. The van der Waals surface area contributed by atoms with Crippen molar-refractivity contribution in [1.29, 1.82) is 0 Å². The normalized spacial score (nSPS) is 25.8. The number of hydrogen-bond acceptors (Lipinski definition) is 1. The summed E-state index contributed by atoms with van der Waals surface area (Å²) in [5.41, 5.74) is -1.89. The zero-order valence-corrected chi connectivity index (χ0v) is 9.86. The molecule has 1 saturated heterocycles. The van der Waals surface area contributed by atoms with Gasteiger partial charge in [0.15, 0.2) is 0 Å². The van der Waals surface area contributed by atoms with Crippen LogP contribution in [0.2, 0.25) is 0 Å². The Morgan fingerprint density at radius 2 is 1.67 bits per heavy atom. The molecule has 1 aromatic carbocycles. The summed E-state index contributed by atoms with van der Waals surface area (Å²) in [4.78, 5) is 0. The summed E-state index contributed by atoms with van der Waals surface area (Å²) >= 11 is 0. The molecule has 1 fully saturated rings. The van der Waals surface area contributed by atoms with Crippen LogP contribution in [-0.2, 0) is 11.8 Å². The maximum Gasteiger partial charge on any atom is 0.416 e. The van der Waals surface area contributed by atoms with Crippen LogP contribution in [0.15, 0.2) is 24.3 Å². The Hall–Kier alpha value is -1.10. The topological polar surface area (TPSA) is 12.0 Å². The second-order valence-electron chi connectivity index (χ2n) is 4.64. The summed E-state index contributed by atoms with van der Waals surface area (Å²) in [5.74, 6) is 0. The molecule has 5 heteroatoms. The van der Waals surface area contributed by atoms with Crippen molar-refractivity contribution in [3.05, 3.63) is 35.4 Å². The Bertz CT molecular complexity index is 388.